The van der Waals surface area contributed by atoms with E-state index in [0.717, 1.165) is 145 Å². The van der Waals surface area contributed by atoms with Gasteiger partial charge in [0.1, 0.15) is 0 Å². The fourth-order valence-corrected chi connectivity index (χ4v) is 16.5. The van der Waals surface area contributed by atoms with E-state index < -0.39 is 23.5 Å². The number of aryl methyl sites for hydroxylation is 1. The number of halogens is 7. The number of likely N-dealkylation sites (tertiary alicyclic amines) is 1. The zero-order chi connectivity index (χ0) is 68.6. The third kappa shape index (κ3) is 21.0. The van der Waals surface area contributed by atoms with Crippen molar-refractivity contribution in [2.45, 2.75) is 250 Å². The van der Waals surface area contributed by atoms with Gasteiger partial charge in [0.25, 0.3) is 0 Å². The second-order valence-electron chi connectivity index (χ2n) is 29.3. The molecule has 8 rings (SSSR count). The number of nitrogens with one attached hydrogen (secondary N) is 6. The number of allylic oxidation sites excluding steroid dienone is 4. The van der Waals surface area contributed by atoms with Crippen LogP contribution in [0.25, 0.3) is 0 Å². The third-order valence-electron chi connectivity index (χ3n) is 22.5. The van der Waals surface area contributed by atoms with Gasteiger partial charge in [-0.25, -0.2) is 0 Å². The Morgan fingerprint density at radius 1 is 0.768 bits per heavy atom. The molecule has 0 aromatic heterocycles. The average Bonchev–Trinajstić information content (AvgIpc) is 0.769. The zero-order valence-electron chi connectivity index (χ0n) is 59.1. The number of alkyl halides is 6. The van der Waals surface area contributed by atoms with Gasteiger partial charge in [-0.1, -0.05) is 109 Å². The van der Waals surface area contributed by atoms with Crippen LogP contribution in [-0.4, -0.2) is 163 Å². The van der Waals surface area contributed by atoms with Crippen molar-refractivity contribution in [3.05, 3.63) is 118 Å². The molecule has 3 saturated heterocycles. The van der Waals surface area contributed by atoms with E-state index in [1.165, 1.54) is 43.5 Å². The van der Waals surface area contributed by atoms with E-state index in [4.69, 9.17) is 16.6 Å². The van der Waals surface area contributed by atoms with Crippen LogP contribution < -0.4 is 31.9 Å². The Kier molecular flexibility index (Phi) is 28.4. The molecule has 12 atom stereocenters. The molecule has 2 aromatic carbocycles. The van der Waals surface area contributed by atoms with E-state index in [2.05, 4.69) is 120 Å². The maximum absolute atomic E-state index is 14.8. The fourth-order valence-electron chi connectivity index (χ4n) is 16.2. The van der Waals surface area contributed by atoms with E-state index in [-0.39, 0.29) is 70.9 Å². The van der Waals surface area contributed by atoms with Crippen molar-refractivity contribution in [1.29, 1.82) is 0 Å². The predicted octanol–water partition coefficient (Wildman–Crippen LogP) is 14.1. The first-order valence-corrected chi connectivity index (χ1v) is 36.7. The van der Waals surface area contributed by atoms with Gasteiger partial charge in [-0.15, -0.1) is 0 Å². The van der Waals surface area contributed by atoms with Gasteiger partial charge in [0.2, 0.25) is 5.91 Å². The number of rotatable bonds is 12. The van der Waals surface area contributed by atoms with Crippen molar-refractivity contribution in [3.63, 3.8) is 0 Å². The molecule has 4 heterocycles. The molecule has 5 fully saturated rings. The maximum Gasteiger partial charge on any atom is 0.417 e. The molecule has 5 unspecified atom stereocenters. The largest absolute Gasteiger partial charge is 0.417 e. The Morgan fingerprint density at radius 3 is 2.13 bits per heavy atom. The van der Waals surface area contributed by atoms with Crippen molar-refractivity contribution in [1.82, 2.24) is 56.4 Å². The molecule has 2 aromatic rings. The Balaban J connectivity index is 1.11. The van der Waals surface area contributed by atoms with Crippen LogP contribution >= 0.6 is 11.6 Å². The van der Waals surface area contributed by atoms with Gasteiger partial charge in [-0.2, -0.15) is 26.3 Å². The van der Waals surface area contributed by atoms with Gasteiger partial charge >= 0.3 is 12.4 Å². The summed E-state index contributed by atoms with van der Waals surface area (Å²) < 4.78 is 82.5. The topological polar surface area (TPSA) is 118 Å². The summed E-state index contributed by atoms with van der Waals surface area (Å²) in [4.78, 5) is 31.1. The summed E-state index contributed by atoms with van der Waals surface area (Å²) in [5.41, 5.74) is 2.55. The maximum atomic E-state index is 14.8. The third-order valence-corrected chi connectivity index (χ3v) is 22.8. The number of benzene rings is 2. The average molecular weight is 1350 g/mol. The Bertz CT molecular complexity index is 2860. The smallest absolute Gasteiger partial charge is 0.369 e. The van der Waals surface area contributed by atoms with Crippen molar-refractivity contribution >= 4 is 23.7 Å². The van der Waals surface area contributed by atoms with Crippen LogP contribution in [0.2, 0.25) is 5.02 Å². The first-order valence-electron chi connectivity index (χ1n) is 36.3. The summed E-state index contributed by atoms with van der Waals surface area (Å²) in [6, 6.07) is 10.7. The van der Waals surface area contributed by atoms with Gasteiger partial charge in [0.15, 0.2) is 0 Å². The number of hydrogen-bond acceptors (Lipinski definition) is 12. The molecule has 0 bridgehead atoms. The molecule has 4 aliphatic heterocycles. The normalized spacial score (nSPS) is 29.1. The Hall–Kier alpha value is -4.63. The molecule has 2 aliphatic carbocycles. The molecule has 1 spiro atoms. The lowest BCUT2D eigenvalue weighted by Crippen LogP contribution is -2.76. The number of likely N-dealkylation sites (N-methyl/N-ethyl adjacent to an activating group) is 1. The number of fused-ring (bicyclic) bond motifs is 2. The van der Waals surface area contributed by atoms with E-state index in [9.17, 15) is 31.1 Å². The van der Waals surface area contributed by atoms with Crippen LogP contribution in [0, 0.1) is 23.7 Å². The second-order valence-corrected chi connectivity index (χ2v) is 29.7. The first kappa shape index (κ1) is 76.1. The van der Waals surface area contributed by atoms with Gasteiger partial charge in [-0.05, 0) is 152 Å². The second kappa shape index (κ2) is 35.4. The van der Waals surface area contributed by atoms with Crippen LogP contribution in [-0.2, 0) is 30.0 Å². The van der Waals surface area contributed by atoms with Crippen LogP contribution in [0.1, 0.15) is 187 Å². The highest BCUT2D eigenvalue weighted by molar-refractivity contribution is 6.31. The molecule has 532 valence electrons. The zero-order valence-corrected chi connectivity index (χ0v) is 59.9. The number of carbonyl (C=O) groups excluding carboxylic acids is 1. The Morgan fingerprint density at radius 2 is 1.46 bits per heavy atom. The lowest BCUT2D eigenvalue weighted by Gasteiger charge is -2.60. The van der Waals surface area contributed by atoms with E-state index in [1.54, 1.807) is 24.5 Å². The van der Waals surface area contributed by atoms with Gasteiger partial charge < -0.3 is 51.5 Å². The minimum absolute atomic E-state index is 0.0579. The van der Waals surface area contributed by atoms with Crippen molar-refractivity contribution in [3.8, 4) is 0 Å². The van der Waals surface area contributed by atoms with Gasteiger partial charge in [0, 0.05) is 174 Å². The number of hydrogen-bond donors (Lipinski definition) is 6. The van der Waals surface area contributed by atoms with Gasteiger partial charge in [0.05, 0.1) is 28.6 Å². The monoisotopic (exact) mass is 1350 g/mol. The lowest BCUT2D eigenvalue weighted by atomic mass is 9.74. The van der Waals surface area contributed by atoms with Crippen LogP contribution in [0.4, 0.5) is 26.3 Å². The molecule has 1 amide bonds. The molecule has 6 N–H and O–H groups in total. The molecule has 2 saturated carbocycles. The number of aliphatic imine (C=N–C) groups is 1. The SMILES string of the molecule is CC[C@H](C)[C@H]1C(C)NC2(CCCC2)CNCCN=CC=C(CCc2ccc(C(F)(F)F)c(Cl)c2)NC=CN(C)C=C(Cc2ccc(C(F)(F)F)cc2)N(C)C=C2CCCN2[C@@H](C)C(C)N[C@@H]([C@@H](C)CC)CN[C@@H](CC2CCCC2)C(C)NCC2[C@@H](C(=O)N3CCCC3)C(C)N21. The summed E-state index contributed by atoms with van der Waals surface area (Å²) >= 11 is 6.18. The standard InChI is InChI=1S/C75H117ClF6N12O/c1-12-51(3)68-46-87-67(45-58-21-14-15-22-58)54(6)86-47-69-70(72(95)92-39-18-19-40-92)57(9)94(69)71(52(4)13-2)55(7)89-73(33-16-17-34-73)50-84-37-36-83-35-32-62(30-26-60-27-31-65(66(76)44-60)75(80,81)82)85-38-42-90(10)48-64(43-59-24-28-61(29-25-59)74(77,78)79)91(11)49-63-23-20-41-93(63)56(8)53(5)88-68/h24-25,27-29,31-32,35,38,42,44,48-49,51-58,67-71,84-89H,12-23,26,30,33-34,36-37,39-41,43,45-47,50H2,1-11H3/t51-,52-,53?,54?,55?,56-,57?,67-,68+,69?,70-,71-/m0/s1. The van der Waals surface area contributed by atoms with Crippen molar-refractivity contribution in [2.24, 2.45) is 28.7 Å². The first-order chi connectivity index (χ1) is 45.3. The molecule has 0 radical (unpaired) electrons. The van der Waals surface area contributed by atoms with Crippen LogP contribution in [0.3, 0.4) is 0 Å². The molecular weight excluding hydrogens is 1230 g/mol. The molecule has 6 aliphatic rings. The lowest BCUT2D eigenvalue weighted by molar-refractivity contribution is -0.160. The number of carbonyl (C=O) groups is 1. The summed E-state index contributed by atoms with van der Waals surface area (Å²) in [6.45, 7) is 27.3. The van der Waals surface area contributed by atoms with E-state index in [0.29, 0.717) is 61.6 Å². The minimum Gasteiger partial charge on any atom is -0.369 e. The number of nitrogens with zero attached hydrogens (tertiary/aromatic N) is 6. The quantitative estimate of drug-likeness (QED) is 0.114. The molecule has 13 nitrogen and oxygen atoms in total. The fraction of sp³-hybridized carbons (Fsp3) is 0.707. The summed E-state index contributed by atoms with van der Waals surface area (Å²) in [5, 5.41) is 23.8. The van der Waals surface area contributed by atoms with Crippen molar-refractivity contribution < 1.29 is 31.1 Å². The minimum atomic E-state index is -4.57. The van der Waals surface area contributed by atoms with Crippen LogP contribution in [0.15, 0.2) is 95.4 Å². The number of amides is 1. The molecule has 95 heavy (non-hydrogen) atoms. The summed E-state index contributed by atoms with van der Waals surface area (Å²) in [5.74, 6) is 1.72. The predicted molar refractivity (Wildman–Crippen MR) is 377 cm³/mol. The van der Waals surface area contributed by atoms with E-state index >= 15 is 0 Å². The van der Waals surface area contributed by atoms with Gasteiger partial charge in [-0.3, -0.25) is 14.7 Å². The highest BCUT2D eigenvalue weighted by Gasteiger charge is 2.55. The van der Waals surface area contributed by atoms with Crippen LogP contribution in [0.5, 0.6) is 0 Å². The van der Waals surface area contributed by atoms with Crippen molar-refractivity contribution in [2.75, 3.05) is 66.5 Å². The Labute approximate surface area is 571 Å². The molecular formula is C75H117ClF6N12O. The highest BCUT2D eigenvalue weighted by Crippen LogP contribution is 2.42. The summed E-state index contributed by atoms with van der Waals surface area (Å²) in [6.07, 6.45) is 20.5. The molecule has 20 heteroatoms. The summed E-state index contributed by atoms with van der Waals surface area (Å²) in [7, 11) is 3.91. The van der Waals surface area contributed by atoms with E-state index in [1.807, 2.05) is 37.5 Å². The highest BCUT2D eigenvalue weighted by atomic mass is 35.5.